The van der Waals surface area contributed by atoms with E-state index in [1.807, 2.05) is 12.3 Å². The van der Waals surface area contributed by atoms with Crippen molar-refractivity contribution >= 4 is 11.3 Å². The summed E-state index contributed by atoms with van der Waals surface area (Å²) in [6.07, 6.45) is 0. The third kappa shape index (κ3) is 2.83. The number of benzene rings is 1. The molecule has 0 atom stereocenters. The maximum absolute atomic E-state index is 13.3. The number of nitrogens with zero attached hydrogens (tertiary/aromatic N) is 1. The van der Waals surface area contributed by atoms with Crippen molar-refractivity contribution in [3.8, 4) is 5.75 Å². The van der Waals surface area contributed by atoms with Gasteiger partial charge in [0.15, 0.2) is 0 Å². The third-order valence-electron chi connectivity index (χ3n) is 2.33. The number of aromatic nitrogens is 1. The van der Waals surface area contributed by atoms with Gasteiger partial charge >= 0.3 is 0 Å². The number of hydrogen-bond donors (Lipinski definition) is 1. The fourth-order valence-corrected chi connectivity index (χ4v) is 2.04. The lowest BCUT2D eigenvalue weighted by Crippen LogP contribution is -2.00. The monoisotopic (exact) mass is 271 g/mol. The van der Waals surface area contributed by atoms with E-state index in [0.717, 1.165) is 17.1 Å². The Hall–Kier alpha value is -1.53. The molecule has 0 spiro atoms. The summed E-state index contributed by atoms with van der Waals surface area (Å²) < 4.78 is 31.9. The minimum atomic E-state index is -0.818. The molecule has 18 heavy (non-hydrogen) atoms. The second-order valence-corrected chi connectivity index (χ2v) is 4.73. The lowest BCUT2D eigenvalue weighted by atomic mass is 10.2. The van der Waals surface area contributed by atoms with Gasteiger partial charge in [-0.15, -0.1) is 11.3 Å². The van der Waals surface area contributed by atoms with Crippen molar-refractivity contribution in [1.29, 1.82) is 0 Å². The molecule has 0 fully saturated rings. The van der Waals surface area contributed by atoms with E-state index in [0.29, 0.717) is 5.69 Å². The van der Waals surface area contributed by atoms with Crippen molar-refractivity contribution < 1.29 is 18.6 Å². The summed E-state index contributed by atoms with van der Waals surface area (Å²) >= 11 is 1.48. The maximum atomic E-state index is 13.3. The Morgan fingerprint density at radius 2 is 2.00 bits per heavy atom. The summed E-state index contributed by atoms with van der Waals surface area (Å²) in [6.45, 7) is 1.34. The highest BCUT2D eigenvalue weighted by molar-refractivity contribution is 7.09. The molecule has 1 N–H and O–H groups in total. The molecule has 0 bridgehead atoms. The van der Waals surface area contributed by atoms with Crippen LogP contribution in [-0.4, -0.2) is 10.1 Å². The van der Waals surface area contributed by atoms with E-state index in [2.05, 4.69) is 4.98 Å². The lowest BCUT2D eigenvalue weighted by Gasteiger charge is -2.07. The molecule has 1 aromatic heterocycles. The van der Waals surface area contributed by atoms with Gasteiger partial charge in [-0.05, 0) is 6.92 Å². The summed E-state index contributed by atoms with van der Waals surface area (Å²) in [5, 5.41) is 11.5. The van der Waals surface area contributed by atoms with Gasteiger partial charge in [0.1, 0.15) is 24.0 Å². The number of thiazole rings is 1. The Kier molecular flexibility index (Phi) is 3.88. The molecule has 2 rings (SSSR count). The van der Waals surface area contributed by atoms with Crippen molar-refractivity contribution in [2.45, 2.75) is 20.1 Å². The van der Waals surface area contributed by atoms with Crippen LogP contribution in [0.3, 0.4) is 0 Å². The zero-order chi connectivity index (χ0) is 13.1. The average Bonchev–Trinajstić information content (AvgIpc) is 2.72. The van der Waals surface area contributed by atoms with Gasteiger partial charge < -0.3 is 9.84 Å². The van der Waals surface area contributed by atoms with Gasteiger partial charge in [-0.1, -0.05) is 0 Å². The first-order chi connectivity index (χ1) is 8.60. The van der Waals surface area contributed by atoms with Crippen LogP contribution in [-0.2, 0) is 13.2 Å². The van der Waals surface area contributed by atoms with Gasteiger partial charge in [-0.2, -0.15) is 0 Å². The molecule has 96 valence electrons. The topological polar surface area (TPSA) is 42.4 Å². The van der Waals surface area contributed by atoms with Gasteiger partial charge in [-0.25, -0.2) is 13.8 Å². The Bertz CT molecular complexity index is 534. The maximum Gasteiger partial charge on any atom is 0.135 e. The van der Waals surface area contributed by atoms with E-state index in [-0.39, 0.29) is 17.9 Å². The quantitative estimate of drug-likeness (QED) is 0.929. The zero-order valence-electron chi connectivity index (χ0n) is 9.61. The molecule has 0 radical (unpaired) electrons. The minimum absolute atomic E-state index is 0.0767. The molecule has 0 saturated carbocycles. The lowest BCUT2D eigenvalue weighted by molar-refractivity contribution is 0.265. The Labute approximate surface area is 107 Å². The van der Waals surface area contributed by atoms with Crippen LogP contribution in [0.1, 0.15) is 16.3 Å². The van der Waals surface area contributed by atoms with E-state index in [1.165, 1.54) is 11.3 Å². The highest BCUT2D eigenvalue weighted by Gasteiger charge is 2.11. The summed E-state index contributed by atoms with van der Waals surface area (Å²) in [4.78, 5) is 4.17. The van der Waals surface area contributed by atoms with Gasteiger partial charge in [0.2, 0.25) is 0 Å². The summed E-state index contributed by atoms with van der Waals surface area (Å²) in [7, 11) is 0. The molecule has 0 saturated heterocycles. The number of aliphatic hydroxyl groups excluding tert-OH is 1. The molecule has 6 heteroatoms. The molecule has 1 heterocycles. The van der Waals surface area contributed by atoms with Crippen LogP contribution in [0.4, 0.5) is 8.78 Å². The van der Waals surface area contributed by atoms with E-state index in [1.54, 1.807) is 0 Å². The standard InChI is InChI=1S/C12H11F2NO2S/c1-7-15-8(6-18-7)5-17-9-2-11(13)10(4-16)12(14)3-9/h2-3,6,16H,4-5H2,1H3. The normalized spacial score (nSPS) is 10.7. The number of rotatable bonds is 4. The third-order valence-corrected chi connectivity index (χ3v) is 3.15. The molecule has 0 aliphatic heterocycles. The minimum Gasteiger partial charge on any atom is -0.487 e. The van der Waals surface area contributed by atoms with E-state index < -0.39 is 18.2 Å². The van der Waals surface area contributed by atoms with Gasteiger partial charge in [-0.3, -0.25) is 0 Å². The first-order valence-corrected chi connectivity index (χ1v) is 6.10. The molecule has 0 aliphatic carbocycles. The number of aliphatic hydroxyl groups is 1. The van der Waals surface area contributed by atoms with Gasteiger partial charge in [0.25, 0.3) is 0 Å². The van der Waals surface area contributed by atoms with Crippen molar-refractivity contribution in [2.75, 3.05) is 0 Å². The molecule has 0 unspecified atom stereocenters. The van der Waals surface area contributed by atoms with Crippen LogP contribution in [0, 0.1) is 18.6 Å². The predicted molar refractivity (Wildman–Crippen MR) is 63.5 cm³/mol. The predicted octanol–water partition coefficient (Wildman–Crippen LogP) is 2.80. The molecule has 1 aromatic carbocycles. The van der Waals surface area contributed by atoms with E-state index >= 15 is 0 Å². The second kappa shape index (κ2) is 5.41. The van der Waals surface area contributed by atoms with Crippen molar-refractivity contribution in [2.24, 2.45) is 0 Å². The van der Waals surface area contributed by atoms with Crippen LogP contribution in [0.2, 0.25) is 0 Å². The smallest absolute Gasteiger partial charge is 0.135 e. The Morgan fingerprint density at radius 1 is 1.33 bits per heavy atom. The highest BCUT2D eigenvalue weighted by Crippen LogP contribution is 2.21. The average molecular weight is 271 g/mol. The molecular formula is C12H11F2NO2S. The number of aryl methyl sites for hydroxylation is 1. The largest absolute Gasteiger partial charge is 0.487 e. The molecule has 2 aromatic rings. The highest BCUT2D eigenvalue weighted by atomic mass is 32.1. The van der Waals surface area contributed by atoms with Crippen molar-refractivity contribution in [3.63, 3.8) is 0 Å². The zero-order valence-corrected chi connectivity index (χ0v) is 10.4. The molecule has 0 amide bonds. The number of halogens is 2. The summed E-state index contributed by atoms with van der Waals surface area (Å²) in [6, 6.07) is 2.10. The number of hydrogen-bond acceptors (Lipinski definition) is 4. The second-order valence-electron chi connectivity index (χ2n) is 3.67. The fourth-order valence-electron chi connectivity index (χ4n) is 1.45. The first kappa shape index (κ1) is 12.9. The molecular weight excluding hydrogens is 260 g/mol. The van der Waals surface area contributed by atoms with E-state index in [4.69, 9.17) is 9.84 Å². The molecule has 3 nitrogen and oxygen atoms in total. The van der Waals surface area contributed by atoms with Crippen molar-refractivity contribution in [3.05, 3.63) is 45.4 Å². The van der Waals surface area contributed by atoms with Crippen LogP contribution >= 0.6 is 11.3 Å². The van der Waals surface area contributed by atoms with Gasteiger partial charge in [0.05, 0.1) is 17.3 Å². The first-order valence-electron chi connectivity index (χ1n) is 5.22. The van der Waals surface area contributed by atoms with Crippen LogP contribution in [0.25, 0.3) is 0 Å². The Morgan fingerprint density at radius 3 is 2.50 bits per heavy atom. The van der Waals surface area contributed by atoms with Crippen LogP contribution in [0.15, 0.2) is 17.5 Å². The van der Waals surface area contributed by atoms with Crippen molar-refractivity contribution in [1.82, 2.24) is 4.98 Å². The fraction of sp³-hybridized carbons (Fsp3) is 0.250. The summed E-state index contributed by atoms with van der Waals surface area (Å²) in [5.41, 5.74) is 0.358. The van der Waals surface area contributed by atoms with Crippen LogP contribution in [0.5, 0.6) is 5.75 Å². The Balaban J connectivity index is 2.10. The van der Waals surface area contributed by atoms with Gasteiger partial charge in [0, 0.05) is 23.1 Å². The van der Waals surface area contributed by atoms with Crippen LogP contribution < -0.4 is 4.74 Å². The number of ether oxygens (including phenoxy) is 1. The molecule has 0 aliphatic rings. The SMILES string of the molecule is Cc1nc(COc2cc(F)c(CO)c(F)c2)cs1. The van der Waals surface area contributed by atoms with E-state index in [9.17, 15) is 8.78 Å². The summed E-state index contributed by atoms with van der Waals surface area (Å²) in [5.74, 6) is -1.56.